The molecule has 0 spiro atoms. The number of rotatable bonds is 10. The summed E-state index contributed by atoms with van der Waals surface area (Å²) in [6, 6.07) is 7.04. The van der Waals surface area contributed by atoms with Crippen LogP contribution in [0.4, 0.5) is 0 Å². The van der Waals surface area contributed by atoms with E-state index in [2.05, 4.69) is 27.1 Å². The fraction of sp³-hybridized carbons (Fsp3) is 0.400. The van der Waals surface area contributed by atoms with E-state index in [4.69, 9.17) is 0 Å². The molecule has 162 valence electrons. The number of aryl methyl sites for hydroxylation is 2. The van der Waals surface area contributed by atoms with E-state index in [-0.39, 0.29) is 10.8 Å². The van der Waals surface area contributed by atoms with E-state index in [9.17, 15) is 13.2 Å². The zero-order valence-corrected chi connectivity index (χ0v) is 19.7. The maximum atomic E-state index is 12.3. The number of benzene rings is 1. The molecule has 0 fully saturated rings. The van der Waals surface area contributed by atoms with Crippen LogP contribution in [0.15, 0.2) is 39.9 Å². The highest BCUT2D eigenvalue weighted by atomic mass is 32.2. The molecule has 0 saturated carbocycles. The van der Waals surface area contributed by atoms with Gasteiger partial charge in [0.15, 0.2) is 0 Å². The van der Waals surface area contributed by atoms with E-state index >= 15 is 0 Å². The second-order valence-corrected chi connectivity index (χ2v) is 11.1. The van der Waals surface area contributed by atoms with Crippen LogP contribution in [0.1, 0.15) is 17.8 Å². The lowest BCUT2D eigenvalue weighted by atomic mass is 10.3. The molecule has 7 nitrogen and oxygen atoms in total. The molecule has 2 aromatic heterocycles. The Labute approximate surface area is 185 Å². The van der Waals surface area contributed by atoms with E-state index in [1.54, 1.807) is 41.3 Å². The lowest BCUT2D eigenvalue weighted by Crippen LogP contribution is -2.26. The highest BCUT2D eigenvalue weighted by Crippen LogP contribution is 2.22. The smallest absolute Gasteiger partial charge is 0.242 e. The van der Waals surface area contributed by atoms with Crippen molar-refractivity contribution in [1.82, 2.24) is 19.2 Å². The highest BCUT2D eigenvalue weighted by Gasteiger charge is 2.19. The van der Waals surface area contributed by atoms with Gasteiger partial charge in [-0.15, -0.1) is 0 Å². The van der Waals surface area contributed by atoms with Crippen LogP contribution in [0, 0.1) is 0 Å². The molecule has 1 N–H and O–H groups in total. The molecule has 30 heavy (non-hydrogen) atoms. The molecule has 0 radical (unpaired) electrons. The molecule has 3 aromatic rings. The van der Waals surface area contributed by atoms with Crippen LogP contribution in [0.3, 0.4) is 0 Å². The number of nitrogens with zero attached hydrogens (tertiary/aromatic N) is 3. The van der Waals surface area contributed by atoms with Gasteiger partial charge in [0.05, 0.1) is 15.9 Å². The molecule has 10 heteroatoms. The normalized spacial score (nSPS) is 12.0. The van der Waals surface area contributed by atoms with Gasteiger partial charge < -0.3 is 9.88 Å². The van der Waals surface area contributed by atoms with Crippen LogP contribution in [-0.2, 0) is 34.0 Å². The molecule has 1 aromatic carbocycles. The van der Waals surface area contributed by atoms with E-state index in [1.165, 1.54) is 24.0 Å². The number of amides is 1. The largest absolute Gasteiger partial charge is 0.355 e. The predicted octanol–water partition coefficient (Wildman–Crippen LogP) is 2.87. The second-order valence-electron chi connectivity index (χ2n) is 7.06. The number of imidazole rings is 1. The standard InChI is InChI=1S/C20H26N4O3S3/c1-23(2)30(26,27)16-4-5-18-17(12-16)22-19(24(18)3)6-7-20(25)21-9-11-29-14-15-8-10-28-13-15/h4-5,8,10,12-13H,6-7,9,11,14H2,1-3H3,(H,21,25). The van der Waals surface area contributed by atoms with Crippen molar-refractivity contribution >= 4 is 50.1 Å². The van der Waals surface area contributed by atoms with Crippen LogP contribution in [0.25, 0.3) is 11.0 Å². The molecular formula is C20H26N4O3S3. The first-order chi connectivity index (χ1) is 14.3. The van der Waals surface area contributed by atoms with Gasteiger partial charge in [-0.1, -0.05) is 0 Å². The SMILES string of the molecule is CN(C)S(=O)(=O)c1ccc2c(c1)nc(CCC(=O)NCCSCc1ccsc1)n2C. The summed E-state index contributed by atoms with van der Waals surface area (Å²) in [5.74, 6) is 2.59. The summed E-state index contributed by atoms with van der Waals surface area (Å²) < 4.78 is 27.8. The zero-order chi connectivity index (χ0) is 21.7. The Morgan fingerprint density at radius 1 is 1.30 bits per heavy atom. The van der Waals surface area contributed by atoms with Crippen molar-refractivity contribution in [1.29, 1.82) is 0 Å². The first-order valence-corrected chi connectivity index (χ1v) is 13.1. The Kier molecular flexibility index (Phi) is 7.56. The van der Waals surface area contributed by atoms with Crippen LogP contribution in [0.5, 0.6) is 0 Å². The average Bonchev–Trinajstić information content (AvgIpc) is 3.33. The number of carbonyl (C=O) groups excluding carboxylic acids is 1. The fourth-order valence-corrected chi connectivity index (χ4v) is 5.47. The van der Waals surface area contributed by atoms with Crippen molar-refractivity contribution in [3.05, 3.63) is 46.4 Å². The quantitative estimate of drug-likeness (QED) is 0.465. The Morgan fingerprint density at radius 3 is 2.80 bits per heavy atom. The third-order valence-electron chi connectivity index (χ3n) is 4.72. The van der Waals surface area contributed by atoms with Crippen molar-refractivity contribution in [2.45, 2.75) is 23.5 Å². The van der Waals surface area contributed by atoms with E-state index < -0.39 is 10.0 Å². The Bertz CT molecular complexity index is 1110. The summed E-state index contributed by atoms with van der Waals surface area (Å²) in [7, 11) is 1.38. The molecule has 0 aliphatic rings. The number of sulfonamides is 1. The maximum absolute atomic E-state index is 12.3. The lowest BCUT2D eigenvalue weighted by molar-refractivity contribution is -0.120. The van der Waals surface area contributed by atoms with Gasteiger partial charge >= 0.3 is 0 Å². The molecular weight excluding hydrogens is 440 g/mol. The first kappa shape index (κ1) is 22.8. The Hall–Kier alpha value is -1.88. The highest BCUT2D eigenvalue weighted by molar-refractivity contribution is 7.98. The topological polar surface area (TPSA) is 84.3 Å². The van der Waals surface area contributed by atoms with Gasteiger partial charge in [-0.25, -0.2) is 17.7 Å². The van der Waals surface area contributed by atoms with Crippen molar-refractivity contribution in [3.63, 3.8) is 0 Å². The summed E-state index contributed by atoms with van der Waals surface area (Å²) in [5, 5.41) is 7.16. The zero-order valence-electron chi connectivity index (χ0n) is 17.3. The number of thiophene rings is 1. The van der Waals surface area contributed by atoms with E-state index in [1.807, 2.05) is 11.6 Å². The number of aromatic nitrogens is 2. The summed E-state index contributed by atoms with van der Waals surface area (Å²) in [5.41, 5.74) is 2.77. The third kappa shape index (κ3) is 5.42. The molecule has 0 saturated heterocycles. The fourth-order valence-electron chi connectivity index (χ4n) is 2.97. The minimum absolute atomic E-state index is 0.00550. The summed E-state index contributed by atoms with van der Waals surface area (Å²) >= 11 is 3.50. The lowest BCUT2D eigenvalue weighted by Gasteiger charge is -2.10. The number of hydrogen-bond acceptors (Lipinski definition) is 6. The van der Waals surface area contributed by atoms with Crippen molar-refractivity contribution < 1.29 is 13.2 Å². The molecule has 2 heterocycles. The van der Waals surface area contributed by atoms with Crippen LogP contribution >= 0.6 is 23.1 Å². The maximum Gasteiger partial charge on any atom is 0.242 e. The van der Waals surface area contributed by atoms with Gasteiger partial charge in [-0.05, 0) is 40.6 Å². The van der Waals surface area contributed by atoms with Gasteiger partial charge in [-0.2, -0.15) is 23.1 Å². The van der Waals surface area contributed by atoms with E-state index in [0.29, 0.717) is 24.9 Å². The number of hydrogen-bond donors (Lipinski definition) is 1. The van der Waals surface area contributed by atoms with Gasteiger partial charge in [0, 0.05) is 52.0 Å². The molecule has 0 aliphatic heterocycles. The van der Waals surface area contributed by atoms with Crippen LogP contribution in [-0.4, -0.2) is 54.6 Å². The Morgan fingerprint density at radius 2 is 2.10 bits per heavy atom. The van der Waals surface area contributed by atoms with E-state index in [0.717, 1.165) is 22.8 Å². The molecule has 1 amide bonds. The molecule has 0 atom stereocenters. The van der Waals surface area contributed by atoms with Crippen molar-refractivity contribution in [2.24, 2.45) is 7.05 Å². The second kappa shape index (κ2) is 9.95. The summed E-state index contributed by atoms with van der Waals surface area (Å²) in [6.07, 6.45) is 0.837. The molecule has 0 aliphatic carbocycles. The number of fused-ring (bicyclic) bond motifs is 1. The molecule has 0 unspecified atom stereocenters. The average molecular weight is 467 g/mol. The number of carbonyl (C=O) groups is 1. The Balaban J connectivity index is 1.52. The minimum Gasteiger partial charge on any atom is -0.355 e. The van der Waals surface area contributed by atoms with Gasteiger partial charge in [-0.3, -0.25) is 4.79 Å². The van der Waals surface area contributed by atoms with Crippen molar-refractivity contribution in [2.75, 3.05) is 26.4 Å². The van der Waals surface area contributed by atoms with Crippen LogP contribution < -0.4 is 5.32 Å². The predicted molar refractivity (Wildman–Crippen MR) is 123 cm³/mol. The summed E-state index contributed by atoms with van der Waals surface area (Å²) in [4.78, 5) is 16.9. The first-order valence-electron chi connectivity index (χ1n) is 9.52. The summed E-state index contributed by atoms with van der Waals surface area (Å²) in [6.45, 7) is 0.641. The van der Waals surface area contributed by atoms with Crippen LogP contribution in [0.2, 0.25) is 0 Å². The monoisotopic (exact) mass is 466 g/mol. The van der Waals surface area contributed by atoms with Gasteiger partial charge in [0.2, 0.25) is 15.9 Å². The van der Waals surface area contributed by atoms with Crippen molar-refractivity contribution in [3.8, 4) is 0 Å². The third-order valence-corrected chi connectivity index (χ3v) is 8.29. The molecule has 3 rings (SSSR count). The number of thioether (sulfide) groups is 1. The molecule has 0 bridgehead atoms. The van der Waals surface area contributed by atoms with Gasteiger partial charge in [0.1, 0.15) is 5.82 Å². The number of nitrogens with one attached hydrogen (secondary N) is 1. The minimum atomic E-state index is -3.51. The van der Waals surface area contributed by atoms with Gasteiger partial charge in [0.25, 0.3) is 0 Å².